The van der Waals surface area contributed by atoms with Gasteiger partial charge in [-0.15, -0.1) is 11.3 Å². The molecule has 0 aliphatic heterocycles. The maximum atomic E-state index is 6.52. The minimum absolute atomic E-state index is 0.462. The van der Waals surface area contributed by atoms with E-state index in [-0.39, 0.29) is 0 Å². The maximum Gasteiger partial charge on any atom is 0.0561 e. The van der Waals surface area contributed by atoms with Crippen LogP contribution in [0.15, 0.2) is 11.4 Å². The third-order valence-corrected chi connectivity index (χ3v) is 7.75. The van der Waals surface area contributed by atoms with Gasteiger partial charge in [-0.2, -0.15) is 0 Å². The molecule has 5 rings (SSSR count). The summed E-state index contributed by atoms with van der Waals surface area (Å²) in [7, 11) is 0. The molecule has 3 atom stereocenters. The van der Waals surface area contributed by atoms with Crippen molar-refractivity contribution in [3.05, 3.63) is 21.3 Å². The molecule has 1 aromatic rings. The van der Waals surface area contributed by atoms with Crippen molar-refractivity contribution in [2.45, 2.75) is 58.4 Å². The van der Waals surface area contributed by atoms with Crippen LogP contribution < -0.4 is 5.32 Å². The van der Waals surface area contributed by atoms with Crippen LogP contribution in [-0.2, 0) is 0 Å². The largest absolute Gasteiger partial charge is 0.309 e. The summed E-state index contributed by atoms with van der Waals surface area (Å²) in [6.45, 7) is 5.82. The molecule has 0 aromatic carbocycles. The van der Waals surface area contributed by atoms with Crippen LogP contribution in [0.3, 0.4) is 0 Å². The van der Waals surface area contributed by atoms with Crippen LogP contribution in [0.5, 0.6) is 0 Å². The van der Waals surface area contributed by atoms with Gasteiger partial charge in [0.05, 0.1) is 5.02 Å². The summed E-state index contributed by atoms with van der Waals surface area (Å²) in [5.41, 5.74) is 1.06. The Balaban J connectivity index is 1.74. The second-order valence-corrected chi connectivity index (χ2v) is 9.61. The average Bonchev–Trinajstić information content (AvgIpc) is 2.78. The molecule has 0 amide bonds. The Morgan fingerprint density at radius 1 is 1.33 bits per heavy atom. The molecule has 4 fully saturated rings. The van der Waals surface area contributed by atoms with Gasteiger partial charge in [0.25, 0.3) is 0 Å². The van der Waals surface area contributed by atoms with Crippen molar-refractivity contribution < 1.29 is 0 Å². The van der Waals surface area contributed by atoms with Crippen molar-refractivity contribution in [1.29, 1.82) is 0 Å². The van der Waals surface area contributed by atoms with E-state index in [4.69, 9.17) is 11.6 Å². The Hall–Kier alpha value is -0.0500. The molecule has 3 heteroatoms. The van der Waals surface area contributed by atoms with Gasteiger partial charge in [-0.3, -0.25) is 0 Å². The van der Waals surface area contributed by atoms with E-state index in [0.717, 1.165) is 23.4 Å². The third kappa shape index (κ3) is 2.29. The van der Waals surface area contributed by atoms with Gasteiger partial charge in [-0.05, 0) is 79.2 Å². The van der Waals surface area contributed by atoms with Crippen molar-refractivity contribution >= 4 is 22.9 Å². The molecular formula is C18H26ClNS. The van der Waals surface area contributed by atoms with Crippen LogP contribution in [0.25, 0.3) is 0 Å². The quantitative estimate of drug-likeness (QED) is 0.754. The van der Waals surface area contributed by atoms with Gasteiger partial charge in [-0.25, -0.2) is 0 Å². The van der Waals surface area contributed by atoms with Crippen LogP contribution in [0, 0.1) is 22.7 Å². The van der Waals surface area contributed by atoms with Gasteiger partial charge in [0, 0.05) is 10.9 Å². The summed E-state index contributed by atoms with van der Waals surface area (Å²) in [5.74, 6) is 1.94. The minimum atomic E-state index is 0.462. The van der Waals surface area contributed by atoms with Crippen LogP contribution >= 0.6 is 22.9 Å². The fourth-order valence-electron chi connectivity index (χ4n) is 6.44. The molecule has 0 saturated heterocycles. The monoisotopic (exact) mass is 323 g/mol. The number of rotatable bonds is 4. The zero-order valence-electron chi connectivity index (χ0n) is 13.1. The molecule has 4 bridgehead atoms. The fourth-order valence-corrected chi connectivity index (χ4v) is 7.82. The second-order valence-electron chi connectivity index (χ2n) is 8.26. The molecule has 1 N–H and O–H groups in total. The molecule has 4 saturated carbocycles. The fraction of sp³-hybridized carbons (Fsp3) is 0.778. The Morgan fingerprint density at radius 3 is 2.57 bits per heavy atom. The predicted molar refractivity (Wildman–Crippen MR) is 91.0 cm³/mol. The summed E-state index contributed by atoms with van der Waals surface area (Å²) in [6.07, 6.45) is 8.69. The highest BCUT2D eigenvalue weighted by atomic mass is 35.5. The van der Waals surface area contributed by atoms with Crippen LogP contribution in [-0.4, -0.2) is 6.54 Å². The van der Waals surface area contributed by atoms with E-state index in [1.54, 1.807) is 0 Å². The van der Waals surface area contributed by atoms with E-state index in [1.807, 2.05) is 11.3 Å². The highest BCUT2D eigenvalue weighted by molar-refractivity contribution is 7.10. The number of hydrogen-bond acceptors (Lipinski definition) is 2. The van der Waals surface area contributed by atoms with E-state index in [1.165, 1.54) is 43.4 Å². The predicted octanol–water partition coefficient (Wildman–Crippen LogP) is 5.66. The number of thiophene rings is 1. The normalized spacial score (nSPS) is 42.4. The zero-order valence-corrected chi connectivity index (χ0v) is 14.7. The van der Waals surface area contributed by atoms with Crippen molar-refractivity contribution in [1.82, 2.24) is 5.32 Å². The molecule has 4 aliphatic carbocycles. The lowest BCUT2D eigenvalue weighted by molar-refractivity contribution is -0.118. The molecule has 21 heavy (non-hydrogen) atoms. The Morgan fingerprint density at radius 2 is 2.05 bits per heavy atom. The summed E-state index contributed by atoms with van der Waals surface area (Å²) in [5, 5.41) is 6.96. The minimum Gasteiger partial charge on any atom is -0.309 e. The highest BCUT2D eigenvalue weighted by Crippen LogP contribution is 2.68. The smallest absolute Gasteiger partial charge is 0.0561 e. The van der Waals surface area contributed by atoms with Crippen molar-refractivity contribution in [2.75, 3.05) is 6.54 Å². The number of halogens is 1. The first-order valence-corrected chi connectivity index (χ1v) is 9.76. The van der Waals surface area contributed by atoms with Crippen LogP contribution in [0.1, 0.15) is 63.3 Å². The zero-order chi connectivity index (χ0) is 14.7. The summed E-state index contributed by atoms with van der Waals surface area (Å²) < 4.78 is 0. The Bertz CT molecular complexity index is 523. The van der Waals surface area contributed by atoms with Gasteiger partial charge in [-0.1, -0.05) is 25.4 Å². The first-order valence-electron chi connectivity index (χ1n) is 8.50. The van der Waals surface area contributed by atoms with Crippen molar-refractivity contribution in [3.63, 3.8) is 0 Å². The summed E-state index contributed by atoms with van der Waals surface area (Å²) >= 11 is 8.37. The standard InChI is InChI=1S/C18H26ClNS/c1-3-20-16(15-14(19)4-5-21-15)18-9-12-6-13(10-18)8-17(2,7-12)11-18/h4-5,12-13,16,20H,3,6-11H2,1-2H3. The van der Waals surface area contributed by atoms with E-state index < -0.39 is 0 Å². The molecule has 1 aromatic heterocycles. The summed E-state index contributed by atoms with van der Waals surface area (Å²) in [6, 6.07) is 2.55. The van der Waals surface area contributed by atoms with Gasteiger partial charge in [0.15, 0.2) is 0 Å². The first-order chi connectivity index (χ1) is 10.0. The molecule has 3 unspecified atom stereocenters. The topological polar surface area (TPSA) is 12.0 Å². The molecule has 0 spiro atoms. The van der Waals surface area contributed by atoms with Gasteiger partial charge in [0.2, 0.25) is 0 Å². The number of nitrogens with one attached hydrogen (secondary N) is 1. The lowest BCUT2D eigenvalue weighted by atomic mass is 9.43. The Kier molecular flexibility index (Phi) is 3.44. The molecule has 1 heterocycles. The van der Waals surface area contributed by atoms with Gasteiger partial charge >= 0.3 is 0 Å². The van der Waals surface area contributed by atoms with Crippen molar-refractivity contribution in [2.24, 2.45) is 22.7 Å². The maximum absolute atomic E-state index is 6.52. The van der Waals surface area contributed by atoms with E-state index in [9.17, 15) is 0 Å². The van der Waals surface area contributed by atoms with Crippen molar-refractivity contribution in [3.8, 4) is 0 Å². The van der Waals surface area contributed by atoms with Crippen LogP contribution in [0.2, 0.25) is 5.02 Å². The molecule has 0 radical (unpaired) electrons. The van der Waals surface area contributed by atoms with Gasteiger partial charge < -0.3 is 5.32 Å². The molecular weight excluding hydrogens is 298 g/mol. The average molecular weight is 324 g/mol. The molecule has 4 aliphatic rings. The van der Waals surface area contributed by atoms with E-state index in [2.05, 4.69) is 30.6 Å². The van der Waals surface area contributed by atoms with Crippen LogP contribution in [0.4, 0.5) is 0 Å². The number of hydrogen-bond donors (Lipinski definition) is 1. The van der Waals surface area contributed by atoms with E-state index >= 15 is 0 Å². The third-order valence-electron chi connectivity index (χ3n) is 6.33. The summed E-state index contributed by atoms with van der Waals surface area (Å²) in [4.78, 5) is 1.39. The second kappa shape index (κ2) is 4.97. The van der Waals surface area contributed by atoms with Gasteiger partial charge in [0.1, 0.15) is 0 Å². The molecule has 1 nitrogen and oxygen atoms in total. The Labute approximate surface area is 137 Å². The first kappa shape index (κ1) is 14.5. The lowest BCUT2D eigenvalue weighted by Gasteiger charge is -2.63. The SMILES string of the molecule is CCNC(c1sccc1Cl)C12CC3CC(CC(C)(C3)C1)C2. The highest BCUT2D eigenvalue weighted by Gasteiger charge is 2.58. The van der Waals surface area contributed by atoms with E-state index in [0.29, 0.717) is 16.9 Å². The molecule has 116 valence electrons. The lowest BCUT2D eigenvalue weighted by Crippen LogP contribution is -2.55.